The van der Waals surface area contributed by atoms with E-state index in [0.717, 1.165) is 22.6 Å². The van der Waals surface area contributed by atoms with Gasteiger partial charge in [-0.05, 0) is 30.2 Å². The zero-order valence-electron chi connectivity index (χ0n) is 16.4. The topological polar surface area (TPSA) is 59.1 Å². The number of methoxy groups -OCH3 is 1. The number of aryl methyl sites for hydroxylation is 1. The summed E-state index contributed by atoms with van der Waals surface area (Å²) >= 11 is 0. The van der Waals surface area contributed by atoms with Crippen molar-refractivity contribution >= 4 is 17.6 Å². The molecule has 6 heteroatoms. The van der Waals surface area contributed by atoms with Crippen molar-refractivity contribution in [3.63, 3.8) is 0 Å². The number of carbonyl (C=O) groups excluding carboxylic acids is 2. The third-order valence-corrected chi connectivity index (χ3v) is 5.01. The Balaban J connectivity index is 1.46. The number of hydrogen-bond acceptors (Lipinski definition) is 5. The molecule has 6 nitrogen and oxygen atoms in total. The standard InChI is InChI=1S/C22H26N2O4/c1-17-7-3-4-8-18(17)15-22(26)28-16-21(25)24-13-11-23(12-14-24)19-9-5-6-10-20(19)27-2/h3-10H,11-16H2,1-2H3. The van der Waals surface area contributed by atoms with Crippen LogP contribution in [0.15, 0.2) is 48.5 Å². The van der Waals surface area contributed by atoms with E-state index in [1.807, 2.05) is 55.5 Å². The molecule has 0 aliphatic carbocycles. The highest BCUT2D eigenvalue weighted by atomic mass is 16.5. The molecule has 0 aromatic heterocycles. The van der Waals surface area contributed by atoms with E-state index in [9.17, 15) is 9.59 Å². The Bertz CT molecular complexity index is 829. The molecule has 2 aromatic carbocycles. The lowest BCUT2D eigenvalue weighted by atomic mass is 10.1. The van der Waals surface area contributed by atoms with Crippen molar-refractivity contribution in [2.45, 2.75) is 13.3 Å². The maximum Gasteiger partial charge on any atom is 0.310 e. The molecule has 0 spiro atoms. The van der Waals surface area contributed by atoms with Crippen LogP contribution in [-0.2, 0) is 20.7 Å². The first kappa shape index (κ1) is 19.7. The fourth-order valence-electron chi connectivity index (χ4n) is 3.34. The highest BCUT2D eigenvalue weighted by molar-refractivity contribution is 5.81. The van der Waals surface area contributed by atoms with Gasteiger partial charge in [0.1, 0.15) is 5.75 Å². The molecule has 0 unspecified atom stereocenters. The summed E-state index contributed by atoms with van der Waals surface area (Å²) in [5.74, 6) is 0.292. The van der Waals surface area contributed by atoms with Gasteiger partial charge in [-0.2, -0.15) is 0 Å². The van der Waals surface area contributed by atoms with Gasteiger partial charge in [0, 0.05) is 26.2 Å². The Morgan fingerprint density at radius 2 is 1.64 bits per heavy atom. The maximum atomic E-state index is 12.4. The summed E-state index contributed by atoms with van der Waals surface area (Å²) in [6.07, 6.45) is 0.182. The largest absolute Gasteiger partial charge is 0.495 e. The number of rotatable bonds is 6. The Labute approximate surface area is 165 Å². The predicted molar refractivity (Wildman–Crippen MR) is 108 cm³/mol. The maximum absolute atomic E-state index is 12.4. The van der Waals surface area contributed by atoms with Crippen LogP contribution in [0.25, 0.3) is 0 Å². The lowest BCUT2D eigenvalue weighted by molar-refractivity contribution is -0.151. The molecule has 1 saturated heterocycles. The van der Waals surface area contributed by atoms with Crippen LogP contribution in [0.4, 0.5) is 5.69 Å². The van der Waals surface area contributed by atoms with Crippen LogP contribution in [-0.4, -0.2) is 56.7 Å². The quantitative estimate of drug-likeness (QED) is 0.719. The summed E-state index contributed by atoms with van der Waals surface area (Å²) in [6, 6.07) is 15.5. The lowest BCUT2D eigenvalue weighted by Crippen LogP contribution is -2.50. The normalized spacial score (nSPS) is 13.9. The van der Waals surface area contributed by atoms with Gasteiger partial charge in [0.2, 0.25) is 0 Å². The molecule has 0 N–H and O–H groups in total. The molecule has 0 atom stereocenters. The Morgan fingerprint density at radius 3 is 2.36 bits per heavy atom. The average molecular weight is 382 g/mol. The van der Waals surface area contributed by atoms with E-state index in [-0.39, 0.29) is 24.9 Å². The second kappa shape index (κ2) is 9.26. The molecule has 1 aliphatic heterocycles. The number of para-hydroxylation sites is 2. The highest BCUT2D eigenvalue weighted by Gasteiger charge is 2.23. The minimum atomic E-state index is -0.379. The van der Waals surface area contributed by atoms with Crippen LogP contribution >= 0.6 is 0 Å². The summed E-state index contributed by atoms with van der Waals surface area (Å²) in [4.78, 5) is 28.4. The number of amides is 1. The minimum absolute atomic E-state index is 0.155. The third kappa shape index (κ3) is 4.82. The van der Waals surface area contributed by atoms with Crippen LogP contribution in [0.5, 0.6) is 5.75 Å². The second-order valence-corrected chi connectivity index (χ2v) is 6.80. The van der Waals surface area contributed by atoms with Gasteiger partial charge in [-0.15, -0.1) is 0 Å². The van der Waals surface area contributed by atoms with Crippen LogP contribution in [0.2, 0.25) is 0 Å². The second-order valence-electron chi connectivity index (χ2n) is 6.80. The van der Waals surface area contributed by atoms with Crippen molar-refractivity contribution in [3.8, 4) is 5.75 Å². The molecular formula is C22H26N2O4. The van der Waals surface area contributed by atoms with Gasteiger partial charge in [-0.3, -0.25) is 9.59 Å². The molecule has 0 bridgehead atoms. The third-order valence-electron chi connectivity index (χ3n) is 5.01. The number of benzene rings is 2. The van der Waals surface area contributed by atoms with Crippen molar-refractivity contribution in [1.82, 2.24) is 4.90 Å². The molecule has 1 fully saturated rings. The summed E-state index contributed by atoms with van der Waals surface area (Å²) in [6.45, 7) is 4.35. The first-order valence-corrected chi connectivity index (χ1v) is 9.44. The number of esters is 1. The molecule has 2 aromatic rings. The Kier molecular flexibility index (Phi) is 6.53. The van der Waals surface area contributed by atoms with Gasteiger partial charge in [0.05, 0.1) is 19.2 Å². The van der Waals surface area contributed by atoms with E-state index >= 15 is 0 Å². The summed E-state index contributed by atoms with van der Waals surface area (Å²) in [7, 11) is 1.66. The molecule has 148 valence electrons. The van der Waals surface area contributed by atoms with E-state index < -0.39 is 0 Å². The summed E-state index contributed by atoms with van der Waals surface area (Å²) in [5, 5.41) is 0. The van der Waals surface area contributed by atoms with Gasteiger partial charge in [0.25, 0.3) is 5.91 Å². The van der Waals surface area contributed by atoms with E-state index in [4.69, 9.17) is 9.47 Å². The molecule has 0 radical (unpaired) electrons. The van der Waals surface area contributed by atoms with Crippen molar-refractivity contribution < 1.29 is 19.1 Å². The van der Waals surface area contributed by atoms with Gasteiger partial charge >= 0.3 is 5.97 Å². The van der Waals surface area contributed by atoms with E-state index in [1.54, 1.807) is 12.0 Å². The van der Waals surface area contributed by atoms with Crippen LogP contribution in [0, 0.1) is 6.92 Å². The Morgan fingerprint density at radius 1 is 0.964 bits per heavy atom. The monoisotopic (exact) mass is 382 g/mol. The minimum Gasteiger partial charge on any atom is -0.495 e. The SMILES string of the molecule is COc1ccccc1N1CCN(C(=O)COC(=O)Cc2ccccc2C)CC1. The predicted octanol–water partition coefficient (Wildman–Crippen LogP) is 2.44. The number of ether oxygens (including phenoxy) is 2. The number of anilines is 1. The Hall–Kier alpha value is -3.02. The first-order valence-electron chi connectivity index (χ1n) is 9.44. The lowest BCUT2D eigenvalue weighted by Gasteiger charge is -2.36. The van der Waals surface area contributed by atoms with Gasteiger partial charge in [-0.1, -0.05) is 36.4 Å². The van der Waals surface area contributed by atoms with Gasteiger partial charge in [0.15, 0.2) is 6.61 Å². The van der Waals surface area contributed by atoms with Crippen molar-refractivity contribution in [2.24, 2.45) is 0 Å². The fraction of sp³-hybridized carbons (Fsp3) is 0.364. The van der Waals surface area contributed by atoms with Gasteiger partial charge in [-0.25, -0.2) is 0 Å². The zero-order chi connectivity index (χ0) is 19.9. The number of hydrogen-bond donors (Lipinski definition) is 0. The van der Waals surface area contributed by atoms with Crippen LogP contribution in [0.3, 0.4) is 0 Å². The van der Waals surface area contributed by atoms with E-state index in [1.165, 1.54) is 0 Å². The number of carbonyl (C=O) groups is 2. The van der Waals surface area contributed by atoms with Crippen LogP contribution < -0.4 is 9.64 Å². The van der Waals surface area contributed by atoms with E-state index in [2.05, 4.69) is 4.90 Å². The van der Waals surface area contributed by atoms with Crippen LogP contribution in [0.1, 0.15) is 11.1 Å². The zero-order valence-corrected chi connectivity index (χ0v) is 16.4. The molecule has 1 aliphatic rings. The highest BCUT2D eigenvalue weighted by Crippen LogP contribution is 2.28. The van der Waals surface area contributed by atoms with Crippen molar-refractivity contribution in [3.05, 3.63) is 59.7 Å². The first-order chi connectivity index (χ1) is 13.6. The van der Waals surface area contributed by atoms with Crippen molar-refractivity contribution in [1.29, 1.82) is 0 Å². The molecule has 0 saturated carbocycles. The molecule has 28 heavy (non-hydrogen) atoms. The number of piperazine rings is 1. The summed E-state index contributed by atoms with van der Waals surface area (Å²) in [5.41, 5.74) is 2.99. The molecule has 3 rings (SSSR count). The van der Waals surface area contributed by atoms with E-state index in [0.29, 0.717) is 26.2 Å². The molecule has 1 heterocycles. The number of nitrogens with zero attached hydrogens (tertiary/aromatic N) is 2. The fourth-order valence-corrected chi connectivity index (χ4v) is 3.34. The average Bonchev–Trinajstić information content (AvgIpc) is 2.74. The summed E-state index contributed by atoms with van der Waals surface area (Å²) < 4.78 is 10.6. The van der Waals surface area contributed by atoms with Crippen molar-refractivity contribution in [2.75, 3.05) is 44.8 Å². The van der Waals surface area contributed by atoms with Gasteiger partial charge < -0.3 is 19.3 Å². The molecular weight excluding hydrogens is 356 g/mol. The smallest absolute Gasteiger partial charge is 0.310 e. The molecule has 1 amide bonds.